The number of ether oxygens (including phenoxy) is 1. The second kappa shape index (κ2) is 11.4. The number of hydrogen-bond acceptors (Lipinski definition) is 6. The Morgan fingerprint density at radius 3 is 2.12 bits per heavy atom. The summed E-state index contributed by atoms with van der Waals surface area (Å²) in [6.45, 7) is 1.58. The van der Waals surface area contributed by atoms with E-state index in [1.54, 1.807) is 43.3 Å². The van der Waals surface area contributed by atoms with Crippen LogP contribution in [0.15, 0.2) is 72.8 Å². The first kappa shape index (κ1) is 27.6. The topological polar surface area (TPSA) is 110 Å². The van der Waals surface area contributed by atoms with E-state index in [0.29, 0.717) is 59.1 Å². The van der Waals surface area contributed by atoms with Crippen molar-refractivity contribution in [1.82, 2.24) is 0 Å². The molecule has 0 aromatic heterocycles. The third kappa shape index (κ3) is 5.13. The fourth-order valence-electron chi connectivity index (χ4n) is 6.45. The highest BCUT2D eigenvalue weighted by Gasteiger charge is 2.47. The number of ketones is 1. The number of fused-ring (bicyclic) bond motifs is 2. The highest BCUT2D eigenvalue weighted by atomic mass is 16.5. The van der Waals surface area contributed by atoms with Crippen molar-refractivity contribution in [2.75, 3.05) is 10.2 Å². The minimum absolute atomic E-state index is 0.0995. The predicted octanol–water partition coefficient (Wildman–Crippen LogP) is 5.85. The first-order valence-electron chi connectivity index (χ1n) is 14.5. The Balaban J connectivity index is 1.17. The minimum Gasteiger partial charge on any atom is -0.426 e. The maximum Gasteiger partial charge on any atom is 0.314 e. The van der Waals surface area contributed by atoms with Crippen molar-refractivity contribution < 1.29 is 28.7 Å². The van der Waals surface area contributed by atoms with Gasteiger partial charge in [-0.3, -0.25) is 28.9 Å². The van der Waals surface area contributed by atoms with Crippen molar-refractivity contribution in [3.05, 3.63) is 78.4 Å². The third-order valence-electron chi connectivity index (χ3n) is 8.82. The quantitative estimate of drug-likeness (QED) is 0.174. The van der Waals surface area contributed by atoms with Crippen LogP contribution < -0.4 is 15.0 Å². The maximum atomic E-state index is 13.2. The number of benzene rings is 3. The van der Waals surface area contributed by atoms with Gasteiger partial charge in [-0.1, -0.05) is 42.8 Å². The standard InChI is InChI=1S/C34H32N2O6/c1-20(37)22-7-6-8-23(19-22)34(41)42-30-18-17-29(25-9-2-3-10-26(25)30)35-31(38)21-13-15-24(16-14-21)36-32(39)27-11-4-5-12-28(27)33(36)40/h2-5,9-10,13-18,22-23,27-28H,6-8,11-12,19H2,1H3,(H,35,38). The number of rotatable bonds is 6. The van der Waals surface area contributed by atoms with Crippen LogP contribution in [-0.2, 0) is 19.2 Å². The molecule has 4 atom stereocenters. The lowest BCUT2D eigenvalue weighted by Gasteiger charge is -2.26. The zero-order valence-electron chi connectivity index (χ0n) is 23.4. The zero-order chi connectivity index (χ0) is 29.4. The van der Waals surface area contributed by atoms with Gasteiger partial charge < -0.3 is 10.1 Å². The average Bonchev–Trinajstić information content (AvgIpc) is 3.27. The fraction of sp³-hybridized carbons (Fsp3) is 0.324. The number of anilines is 2. The number of carbonyl (C=O) groups excluding carboxylic acids is 5. The van der Waals surface area contributed by atoms with Gasteiger partial charge >= 0.3 is 5.97 Å². The summed E-state index contributed by atoms with van der Waals surface area (Å²) in [5.74, 6) is -1.62. The maximum absolute atomic E-state index is 13.2. The van der Waals surface area contributed by atoms with Gasteiger partial charge in [0.25, 0.3) is 5.91 Å². The van der Waals surface area contributed by atoms with Gasteiger partial charge in [-0.05, 0) is 75.4 Å². The number of Topliss-reactive ketones (excluding diaryl/α,β-unsaturated/α-hetero) is 1. The van der Waals surface area contributed by atoms with Crippen molar-refractivity contribution in [3.8, 4) is 5.75 Å². The summed E-state index contributed by atoms with van der Waals surface area (Å²) in [5, 5.41) is 4.33. The summed E-state index contributed by atoms with van der Waals surface area (Å²) in [4.78, 5) is 65.1. The van der Waals surface area contributed by atoms with Gasteiger partial charge in [-0.15, -0.1) is 0 Å². The molecule has 8 heteroatoms. The number of amides is 3. The fourth-order valence-corrected chi connectivity index (χ4v) is 6.45. The number of allylic oxidation sites excluding steroid dienone is 2. The van der Waals surface area contributed by atoms with Crippen LogP contribution in [0, 0.1) is 23.7 Å². The van der Waals surface area contributed by atoms with Gasteiger partial charge in [0.15, 0.2) is 0 Å². The minimum atomic E-state index is -0.356. The van der Waals surface area contributed by atoms with E-state index in [1.165, 1.54) is 4.90 Å². The van der Waals surface area contributed by atoms with Gasteiger partial charge in [0.1, 0.15) is 11.5 Å². The van der Waals surface area contributed by atoms with Crippen LogP contribution in [0.3, 0.4) is 0 Å². The molecule has 1 heterocycles. The van der Waals surface area contributed by atoms with E-state index in [9.17, 15) is 24.0 Å². The summed E-state index contributed by atoms with van der Waals surface area (Å²) in [5.41, 5.74) is 1.38. The van der Waals surface area contributed by atoms with Crippen molar-refractivity contribution in [2.24, 2.45) is 23.7 Å². The lowest BCUT2D eigenvalue weighted by atomic mass is 9.80. The molecule has 6 rings (SSSR count). The molecule has 2 fully saturated rings. The molecule has 4 unspecified atom stereocenters. The molecule has 0 spiro atoms. The Labute approximate surface area is 243 Å². The Hall–Kier alpha value is -4.59. The number of carbonyl (C=O) groups is 5. The van der Waals surface area contributed by atoms with E-state index < -0.39 is 0 Å². The van der Waals surface area contributed by atoms with Gasteiger partial charge in [0.05, 0.1) is 23.4 Å². The van der Waals surface area contributed by atoms with Crippen molar-refractivity contribution >= 4 is 51.6 Å². The van der Waals surface area contributed by atoms with Crippen molar-refractivity contribution in [1.29, 1.82) is 0 Å². The van der Waals surface area contributed by atoms with Gasteiger partial charge in [0, 0.05) is 27.9 Å². The third-order valence-corrected chi connectivity index (χ3v) is 8.82. The highest BCUT2D eigenvalue weighted by molar-refractivity contribution is 6.22. The molecule has 1 saturated heterocycles. The number of esters is 1. The first-order chi connectivity index (χ1) is 20.3. The second-order valence-electron chi connectivity index (χ2n) is 11.4. The number of nitrogens with one attached hydrogen (secondary N) is 1. The summed E-state index contributed by atoms with van der Waals surface area (Å²) in [7, 11) is 0. The van der Waals surface area contributed by atoms with Crippen molar-refractivity contribution in [2.45, 2.75) is 45.4 Å². The van der Waals surface area contributed by atoms with Crippen LogP contribution in [0.2, 0.25) is 0 Å². The van der Waals surface area contributed by atoms with Crippen LogP contribution >= 0.6 is 0 Å². The summed E-state index contributed by atoms with van der Waals surface area (Å²) < 4.78 is 5.83. The molecule has 3 amide bonds. The molecule has 0 bridgehead atoms. The average molecular weight is 565 g/mol. The lowest BCUT2D eigenvalue weighted by Crippen LogP contribution is -2.30. The molecule has 1 N–H and O–H groups in total. The SMILES string of the molecule is CC(=O)C1CCCC(C(=O)Oc2ccc(NC(=O)c3ccc(N4C(=O)C5CC=CCC5C4=O)cc3)c3ccccc23)C1. The molecule has 214 valence electrons. The van der Waals surface area contributed by atoms with Crippen LogP contribution in [0.5, 0.6) is 5.75 Å². The first-order valence-corrected chi connectivity index (χ1v) is 14.5. The van der Waals surface area contributed by atoms with Crippen molar-refractivity contribution in [3.63, 3.8) is 0 Å². The summed E-state index contributed by atoms with van der Waals surface area (Å²) in [6.07, 6.45) is 7.88. The molecular weight excluding hydrogens is 532 g/mol. The molecule has 1 aliphatic heterocycles. The van der Waals surface area contributed by atoms with E-state index in [2.05, 4.69) is 5.32 Å². The second-order valence-corrected chi connectivity index (χ2v) is 11.4. The molecular formula is C34H32N2O6. The molecule has 3 aromatic carbocycles. The molecule has 0 radical (unpaired) electrons. The van der Waals surface area contributed by atoms with Gasteiger partial charge in [-0.2, -0.15) is 0 Å². The molecule has 2 aliphatic carbocycles. The Morgan fingerprint density at radius 2 is 1.45 bits per heavy atom. The molecule has 3 aliphatic rings. The van der Waals surface area contributed by atoms with E-state index in [-0.39, 0.29) is 53.1 Å². The molecule has 42 heavy (non-hydrogen) atoms. The van der Waals surface area contributed by atoms with Crippen LogP contribution in [0.4, 0.5) is 11.4 Å². The van der Waals surface area contributed by atoms with Gasteiger partial charge in [-0.25, -0.2) is 0 Å². The lowest BCUT2D eigenvalue weighted by molar-refractivity contribution is -0.141. The monoisotopic (exact) mass is 564 g/mol. The highest BCUT2D eigenvalue weighted by Crippen LogP contribution is 2.38. The van der Waals surface area contributed by atoms with E-state index in [4.69, 9.17) is 4.74 Å². The number of imide groups is 1. The Morgan fingerprint density at radius 1 is 0.810 bits per heavy atom. The van der Waals surface area contributed by atoms with Crippen LogP contribution in [0.25, 0.3) is 10.8 Å². The molecule has 3 aromatic rings. The van der Waals surface area contributed by atoms with Crippen LogP contribution in [0.1, 0.15) is 55.8 Å². The number of hydrogen-bond donors (Lipinski definition) is 1. The Bertz CT molecular complexity index is 1600. The zero-order valence-corrected chi connectivity index (χ0v) is 23.4. The predicted molar refractivity (Wildman–Crippen MR) is 158 cm³/mol. The van der Waals surface area contributed by atoms with E-state index in [0.717, 1.165) is 12.8 Å². The normalized spacial score (nSPS) is 23.5. The number of nitrogens with zero attached hydrogens (tertiary/aromatic N) is 1. The van der Waals surface area contributed by atoms with E-state index in [1.807, 2.05) is 36.4 Å². The Kier molecular flexibility index (Phi) is 7.45. The molecule has 1 saturated carbocycles. The molecule has 8 nitrogen and oxygen atoms in total. The summed E-state index contributed by atoms with van der Waals surface area (Å²) >= 11 is 0. The smallest absolute Gasteiger partial charge is 0.314 e. The van der Waals surface area contributed by atoms with Gasteiger partial charge in [0.2, 0.25) is 11.8 Å². The summed E-state index contributed by atoms with van der Waals surface area (Å²) in [6, 6.07) is 17.2. The van der Waals surface area contributed by atoms with Crippen LogP contribution in [-0.4, -0.2) is 29.5 Å². The largest absolute Gasteiger partial charge is 0.426 e. The van der Waals surface area contributed by atoms with E-state index >= 15 is 0 Å².